The van der Waals surface area contributed by atoms with E-state index in [1.807, 2.05) is 6.92 Å². The van der Waals surface area contributed by atoms with Crippen LogP contribution in [-0.4, -0.2) is 41.2 Å². The minimum atomic E-state index is -0.746. The molecule has 3 N–H and O–H groups in total. The van der Waals surface area contributed by atoms with Gasteiger partial charge in [-0.25, -0.2) is 4.79 Å². The lowest BCUT2D eigenvalue weighted by Gasteiger charge is -2.17. The zero-order chi connectivity index (χ0) is 16.1. The molecule has 0 heterocycles. The molecule has 124 valence electrons. The van der Waals surface area contributed by atoms with Crippen LogP contribution in [0.1, 0.15) is 52.9 Å². The van der Waals surface area contributed by atoms with Crippen LogP contribution in [0.3, 0.4) is 0 Å². The van der Waals surface area contributed by atoms with Crippen LogP contribution in [0.15, 0.2) is 0 Å². The highest BCUT2D eigenvalue weighted by molar-refractivity contribution is 7.99. The van der Waals surface area contributed by atoms with Crippen LogP contribution in [0.2, 0.25) is 0 Å². The predicted octanol–water partition coefficient (Wildman–Crippen LogP) is 3.10. The van der Waals surface area contributed by atoms with Crippen molar-refractivity contribution in [2.45, 2.75) is 58.9 Å². The molecule has 0 aromatic heterocycles. The minimum absolute atomic E-state index is 0.132. The van der Waals surface area contributed by atoms with E-state index in [-0.39, 0.29) is 18.5 Å². The second-order valence-corrected chi connectivity index (χ2v) is 6.66. The number of nitrogens with one attached hydrogen (secondary N) is 2. The standard InChI is InChI=1S/C15H30N2O3S/c1-4-6-13(7-8-14(18)19)9-10-16-15(20)17-12(3)11-21-5-2/h12-13H,4-11H2,1-3H3,(H,18,19)(H2,16,17,20). The summed E-state index contributed by atoms with van der Waals surface area (Å²) in [6, 6.07) is 0.0288. The van der Waals surface area contributed by atoms with Gasteiger partial charge in [0, 0.05) is 24.8 Å². The van der Waals surface area contributed by atoms with Crippen LogP contribution in [0.25, 0.3) is 0 Å². The lowest BCUT2D eigenvalue weighted by atomic mass is 9.94. The lowest BCUT2D eigenvalue weighted by Crippen LogP contribution is -2.42. The first-order valence-electron chi connectivity index (χ1n) is 7.83. The van der Waals surface area contributed by atoms with Crippen molar-refractivity contribution in [3.63, 3.8) is 0 Å². The summed E-state index contributed by atoms with van der Waals surface area (Å²) in [5.41, 5.74) is 0. The Morgan fingerprint density at radius 3 is 2.48 bits per heavy atom. The molecule has 5 nitrogen and oxygen atoms in total. The lowest BCUT2D eigenvalue weighted by molar-refractivity contribution is -0.137. The van der Waals surface area contributed by atoms with Crippen molar-refractivity contribution in [1.29, 1.82) is 0 Å². The summed E-state index contributed by atoms with van der Waals surface area (Å²) in [6.45, 7) is 6.79. The van der Waals surface area contributed by atoms with E-state index < -0.39 is 5.97 Å². The van der Waals surface area contributed by atoms with Gasteiger partial charge in [-0.15, -0.1) is 0 Å². The molecule has 0 saturated heterocycles. The third-order valence-corrected chi connectivity index (χ3v) is 4.39. The molecule has 0 bridgehead atoms. The summed E-state index contributed by atoms with van der Waals surface area (Å²) >= 11 is 1.80. The molecule has 0 aliphatic carbocycles. The second-order valence-electron chi connectivity index (χ2n) is 5.34. The summed E-state index contributed by atoms with van der Waals surface area (Å²) in [5.74, 6) is 1.60. The van der Waals surface area contributed by atoms with Gasteiger partial charge in [-0.2, -0.15) is 11.8 Å². The summed E-state index contributed by atoms with van der Waals surface area (Å²) in [7, 11) is 0. The van der Waals surface area contributed by atoms with Gasteiger partial charge in [0.1, 0.15) is 0 Å². The van der Waals surface area contributed by atoms with E-state index in [1.165, 1.54) is 0 Å². The Hall–Kier alpha value is -0.910. The number of carbonyl (C=O) groups is 2. The van der Waals surface area contributed by atoms with E-state index in [9.17, 15) is 9.59 Å². The van der Waals surface area contributed by atoms with Gasteiger partial charge in [0.15, 0.2) is 0 Å². The third kappa shape index (κ3) is 12.5. The maximum absolute atomic E-state index is 11.7. The fraction of sp³-hybridized carbons (Fsp3) is 0.867. The summed E-state index contributed by atoms with van der Waals surface area (Å²) in [6.07, 6.45) is 3.80. The molecule has 0 radical (unpaired) electrons. The minimum Gasteiger partial charge on any atom is -0.481 e. The molecule has 0 spiro atoms. The number of carboxylic acid groups (broad SMARTS) is 1. The number of urea groups is 1. The van der Waals surface area contributed by atoms with E-state index >= 15 is 0 Å². The van der Waals surface area contributed by atoms with Crippen molar-refractivity contribution in [3.8, 4) is 0 Å². The summed E-state index contributed by atoms with van der Waals surface area (Å²) < 4.78 is 0. The molecular formula is C15H30N2O3S. The molecule has 0 fully saturated rings. The van der Waals surface area contributed by atoms with E-state index in [0.29, 0.717) is 18.9 Å². The van der Waals surface area contributed by atoms with Crippen LogP contribution < -0.4 is 10.6 Å². The van der Waals surface area contributed by atoms with Crippen molar-refractivity contribution in [1.82, 2.24) is 10.6 Å². The zero-order valence-corrected chi connectivity index (χ0v) is 14.3. The molecule has 6 heteroatoms. The van der Waals surface area contributed by atoms with Gasteiger partial charge in [0.25, 0.3) is 0 Å². The Bertz CT molecular complexity index is 301. The van der Waals surface area contributed by atoms with Crippen molar-refractivity contribution < 1.29 is 14.7 Å². The number of rotatable bonds is 12. The molecule has 0 aromatic carbocycles. The molecule has 0 aliphatic rings. The number of hydrogen-bond donors (Lipinski definition) is 3. The molecule has 0 aliphatic heterocycles. The SMILES string of the molecule is CCCC(CCNC(=O)NC(C)CSCC)CCC(=O)O. The molecule has 2 amide bonds. The van der Waals surface area contributed by atoms with Crippen LogP contribution in [0.5, 0.6) is 0 Å². The number of amides is 2. The zero-order valence-electron chi connectivity index (χ0n) is 13.5. The number of aliphatic carboxylic acids is 1. The van der Waals surface area contributed by atoms with Crippen LogP contribution >= 0.6 is 11.8 Å². The molecule has 0 aromatic rings. The van der Waals surface area contributed by atoms with Crippen LogP contribution in [0, 0.1) is 5.92 Å². The summed E-state index contributed by atoms with van der Waals surface area (Å²) in [4.78, 5) is 22.3. The number of thioether (sulfide) groups is 1. The Kier molecular flexibility index (Phi) is 12.2. The first-order valence-corrected chi connectivity index (χ1v) is 8.98. The molecule has 2 unspecified atom stereocenters. The van der Waals surface area contributed by atoms with Gasteiger partial charge in [-0.3, -0.25) is 4.79 Å². The van der Waals surface area contributed by atoms with Gasteiger partial charge in [-0.1, -0.05) is 26.7 Å². The smallest absolute Gasteiger partial charge is 0.315 e. The predicted molar refractivity (Wildman–Crippen MR) is 88.9 cm³/mol. The quantitative estimate of drug-likeness (QED) is 0.517. The largest absolute Gasteiger partial charge is 0.481 e. The highest BCUT2D eigenvalue weighted by atomic mass is 32.2. The average Bonchev–Trinajstić information content (AvgIpc) is 2.42. The Morgan fingerprint density at radius 2 is 1.90 bits per heavy atom. The van der Waals surface area contributed by atoms with E-state index in [0.717, 1.165) is 30.8 Å². The highest BCUT2D eigenvalue weighted by Gasteiger charge is 2.11. The van der Waals surface area contributed by atoms with Crippen molar-refractivity contribution in [3.05, 3.63) is 0 Å². The average molecular weight is 318 g/mol. The molecule has 0 saturated carbocycles. The third-order valence-electron chi connectivity index (χ3n) is 3.25. The number of carbonyl (C=O) groups excluding carboxylic acids is 1. The molecule has 2 atom stereocenters. The Labute approximate surface area is 132 Å². The van der Waals surface area contributed by atoms with E-state index in [4.69, 9.17) is 5.11 Å². The van der Waals surface area contributed by atoms with E-state index in [2.05, 4.69) is 24.5 Å². The van der Waals surface area contributed by atoms with Crippen LogP contribution in [0.4, 0.5) is 4.79 Å². The first-order chi connectivity index (χ1) is 9.99. The Morgan fingerprint density at radius 1 is 1.19 bits per heavy atom. The second kappa shape index (κ2) is 12.8. The fourth-order valence-electron chi connectivity index (χ4n) is 2.17. The van der Waals surface area contributed by atoms with Crippen LogP contribution in [-0.2, 0) is 4.79 Å². The number of carboxylic acids is 1. The molecule has 21 heavy (non-hydrogen) atoms. The van der Waals surface area contributed by atoms with Gasteiger partial charge < -0.3 is 15.7 Å². The normalized spacial score (nSPS) is 13.5. The summed E-state index contributed by atoms with van der Waals surface area (Å²) in [5, 5.41) is 14.5. The van der Waals surface area contributed by atoms with Crippen molar-refractivity contribution >= 4 is 23.8 Å². The van der Waals surface area contributed by atoms with Crippen molar-refractivity contribution in [2.24, 2.45) is 5.92 Å². The van der Waals surface area contributed by atoms with Gasteiger partial charge in [-0.05, 0) is 31.4 Å². The maximum Gasteiger partial charge on any atom is 0.315 e. The molecular weight excluding hydrogens is 288 g/mol. The van der Waals surface area contributed by atoms with Gasteiger partial charge in [0.2, 0.25) is 0 Å². The molecule has 0 rings (SSSR count). The van der Waals surface area contributed by atoms with Gasteiger partial charge >= 0.3 is 12.0 Å². The maximum atomic E-state index is 11.7. The first kappa shape index (κ1) is 20.1. The number of hydrogen-bond acceptors (Lipinski definition) is 3. The van der Waals surface area contributed by atoms with E-state index in [1.54, 1.807) is 11.8 Å². The monoisotopic (exact) mass is 318 g/mol. The van der Waals surface area contributed by atoms with Crippen molar-refractivity contribution in [2.75, 3.05) is 18.1 Å². The van der Waals surface area contributed by atoms with Gasteiger partial charge in [0.05, 0.1) is 0 Å². The fourth-order valence-corrected chi connectivity index (χ4v) is 2.84. The topological polar surface area (TPSA) is 78.4 Å². The Balaban J connectivity index is 3.85. The highest BCUT2D eigenvalue weighted by Crippen LogP contribution is 2.17.